The zero-order chi connectivity index (χ0) is 14.1. The van der Waals surface area contributed by atoms with Gasteiger partial charge in [-0.25, -0.2) is 4.98 Å². The Hall–Kier alpha value is -2.35. The molecule has 0 radical (unpaired) electrons. The Balaban J connectivity index is 1.73. The summed E-state index contributed by atoms with van der Waals surface area (Å²) < 4.78 is 0. The molecule has 2 nitrogen and oxygen atoms in total. The standard InChI is InChI=1S/C19H18N2/c1-2-8-16(9-3-1)18-11-6-14-21(18)19-13-12-15-7-4-5-10-17(15)20-19/h1-5,7-10,12-13,18H,6,11,14H2. The molecule has 1 saturated heterocycles. The minimum absolute atomic E-state index is 0.458. The van der Waals surface area contributed by atoms with Crippen LogP contribution in [0.3, 0.4) is 0 Å². The number of rotatable bonds is 2. The Labute approximate surface area is 125 Å². The van der Waals surface area contributed by atoms with Gasteiger partial charge in [-0.15, -0.1) is 0 Å². The van der Waals surface area contributed by atoms with E-state index in [0.29, 0.717) is 6.04 Å². The molecule has 1 unspecified atom stereocenters. The maximum atomic E-state index is 4.86. The van der Waals surface area contributed by atoms with Gasteiger partial charge in [-0.2, -0.15) is 0 Å². The molecule has 0 amide bonds. The van der Waals surface area contributed by atoms with Crippen LogP contribution < -0.4 is 4.90 Å². The van der Waals surface area contributed by atoms with E-state index in [4.69, 9.17) is 4.98 Å². The fraction of sp³-hybridized carbons (Fsp3) is 0.211. The van der Waals surface area contributed by atoms with Gasteiger partial charge in [0.05, 0.1) is 11.6 Å². The van der Waals surface area contributed by atoms with Crippen LogP contribution in [-0.4, -0.2) is 11.5 Å². The first-order valence-corrected chi connectivity index (χ1v) is 7.59. The molecule has 2 heterocycles. The van der Waals surface area contributed by atoms with Crippen molar-refractivity contribution in [2.45, 2.75) is 18.9 Å². The fourth-order valence-corrected chi connectivity index (χ4v) is 3.28. The monoisotopic (exact) mass is 274 g/mol. The number of benzene rings is 2. The number of fused-ring (bicyclic) bond motifs is 1. The third-order valence-electron chi connectivity index (χ3n) is 4.32. The van der Waals surface area contributed by atoms with E-state index in [2.05, 4.69) is 71.6 Å². The quantitative estimate of drug-likeness (QED) is 0.680. The topological polar surface area (TPSA) is 16.1 Å². The van der Waals surface area contributed by atoms with Crippen molar-refractivity contribution in [1.29, 1.82) is 0 Å². The maximum Gasteiger partial charge on any atom is 0.129 e. The highest BCUT2D eigenvalue weighted by Gasteiger charge is 2.26. The molecule has 1 aliphatic rings. The summed E-state index contributed by atoms with van der Waals surface area (Å²) in [6.45, 7) is 1.09. The van der Waals surface area contributed by atoms with Crippen LogP contribution in [0.2, 0.25) is 0 Å². The van der Waals surface area contributed by atoms with Crippen molar-refractivity contribution in [2.24, 2.45) is 0 Å². The molecule has 0 spiro atoms. The summed E-state index contributed by atoms with van der Waals surface area (Å²) in [5.41, 5.74) is 2.47. The van der Waals surface area contributed by atoms with Crippen molar-refractivity contribution < 1.29 is 0 Å². The average molecular weight is 274 g/mol. The zero-order valence-corrected chi connectivity index (χ0v) is 11.9. The lowest BCUT2D eigenvalue weighted by Crippen LogP contribution is -2.23. The van der Waals surface area contributed by atoms with Crippen LogP contribution in [-0.2, 0) is 0 Å². The van der Waals surface area contributed by atoms with E-state index in [0.717, 1.165) is 17.9 Å². The van der Waals surface area contributed by atoms with Crippen LogP contribution in [0, 0.1) is 0 Å². The van der Waals surface area contributed by atoms with Crippen LogP contribution in [0.4, 0.5) is 5.82 Å². The largest absolute Gasteiger partial charge is 0.350 e. The predicted molar refractivity (Wildman–Crippen MR) is 87.5 cm³/mol. The normalized spacial score (nSPS) is 18.3. The van der Waals surface area contributed by atoms with E-state index in [1.54, 1.807) is 0 Å². The van der Waals surface area contributed by atoms with Crippen molar-refractivity contribution in [3.63, 3.8) is 0 Å². The smallest absolute Gasteiger partial charge is 0.129 e. The summed E-state index contributed by atoms with van der Waals surface area (Å²) in [7, 11) is 0. The van der Waals surface area contributed by atoms with Crippen molar-refractivity contribution >= 4 is 16.7 Å². The summed E-state index contributed by atoms with van der Waals surface area (Å²) in [6, 6.07) is 23.9. The van der Waals surface area contributed by atoms with Crippen LogP contribution in [0.25, 0.3) is 10.9 Å². The molecule has 2 aromatic carbocycles. The van der Waals surface area contributed by atoms with Crippen molar-refractivity contribution in [1.82, 2.24) is 4.98 Å². The van der Waals surface area contributed by atoms with Crippen molar-refractivity contribution in [3.8, 4) is 0 Å². The molecular formula is C19H18N2. The van der Waals surface area contributed by atoms with E-state index in [1.807, 2.05) is 0 Å². The number of para-hydroxylation sites is 1. The number of hydrogen-bond donors (Lipinski definition) is 0. The summed E-state index contributed by atoms with van der Waals surface area (Å²) in [5, 5.41) is 1.21. The molecule has 104 valence electrons. The lowest BCUT2D eigenvalue weighted by molar-refractivity contribution is 0.713. The Morgan fingerprint density at radius 3 is 2.57 bits per heavy atom. The molecule has 21 heavy (non-hydrogen) atoms. The Kier molecular flexibility index (Phi) is 3.07. The predicted octanol–water partition coefficient (Wildman–Crippen LogP) is 4.58. The van der Waals surface area contributed by atoms with Crippen molar-refractivity contribution in [3.05, 3.63) is 72.3 Å². The molecule has 0 saturated carbocycles. The summed E-state index contributed by atoms with van der Waals surface area (Å²) in [6.07, 6.45) is 2.44. The molecule has 1 aromatic heterocycles. The third kappa shape index (κ3) is 2.27. The molecule has 3 aromatic rings. The van der Waals surface area contributed by atoms with E-state index in [1.165, 1.54) is 23.8 Å². The Morgan fingerprint density at radius 2 is 1.67 bits per heavy atom. The molecule has 4 rings (SSSR count). The first kappa shape index (κ1) is 12.4. The lowest BCUT2D eigenvalue weighted by Gasteiger charge is -2.26. The molecule has 1 fully saturated rings. The van der Waals surface area contributed by atoms with Gasteiger partial charge in [0.1, 0.15) is 5.82 Å². The second-order valence-electron chi connectivity index (χ2n) is 5.62. The summed E-state index contributed by atoms with van der Waals surface area (Å²) >= 11 is 0. The van der Waals surface area contributed by atoms with Crippen LogP contribution in [0.1, 0.15) is 24.4 Å². The molecule has 0 bridgehead atoms. The number of hydrogen-bond acceptors (Lipinski definition) is 2. The van der Waals surface area contributed by atoms with Gasteiger partial charge in [0.2, 0.25) is 0 Å². The second kappa shape index (κ2) is 5.21. The van der Waals surface area contributed by atoms with Gasteiger partial charge in [0.25, 0.3) is 0 Å². The van der Waals surface area contributed by atoms with Crippen LogP contribution in [0.5, 0.6) is 0 Å². The highest BCUT2D eigenvalue weighted by molar-refractivity contribution is 5.80. The molecular weight excluding hydrogens is 256 g/mol. The van der Waals surface area contributed by atoms with Gasteiger partial charge < -0.3 is 4.90 Å². The van der Waals surface area contributed by atoms with Gasteiger partial charge in [-0.3, -0.25) is 0 Å². The second-order valence-corrected chi connectivity index (χ2v) is 5.62. The number of pyridine rings is 1. The van der Waals surface area contributed by atoms with Gasteiger partial charge in [0.15, 0.2) is 0 Å². The number of anilines is 1. The highest BCUT2D eigenvalue weighted by Crippen LogP contribution is 2.35. The highest BCUT2D eigenvalue weighted by atomic mass is 15.2. The molecule has 0 N–H and O–H groups in total. The van der Waals surface area contributed by atoms with E-state index < -0.39 is 0 Å². The maximum absolute atomic E-state index is 4.86. The molecule has 2 heteroatoms. The van der Waals surface area contributed by atoms with Crippen LogP contribution >= 0.6 is 0 Å². The minimum atomic E-state index is 0.458. The summed E-state index contributed by atoms with van der Waals surface area (Å²) in [5.74, 6) is 1.10. The van der Waals surface area contributed by atoms with Crippen LogP contribution in [0.15, 0.2) is 66.7 Å². The Morgan fingerprint density at radius 1 is 0.857 bits per heavy atom. The Bertz CT molecular complexity index is 752. The van der Waals surface area contributed by atoms with Gasteiger partial charge in [-0.05, 0) is 36.6 Å². The van der Waals surface area contributed by atoms with E-state index in [9.17, 15) is 0 Å². The molecule has 0 aliphatic carbocycles. The van der Waals surface area contributed by atoms with E-state index in [-0.39, 0.29) is 0 Å². The minimum Gasteiger partial charge on any atom is -0.350 e. The molecule has 1 atom stereocenters. The van der Waals surface area contributed by atoms with Gasteiger partial charge >= 0.3 is 0 Å². The fourth-order valence-electron chi connectivity index (χ4n) is 3.28. The van der Waals surface area contributed by atoms with Gasteiger partial charge in [0, 0.05) is 11.9 Å². The first-order chi connectivity index (χ1) is 10.4. The number of aromatic nitrogens is 1. The third-order valence-corrected chi connectivity index (χ3v) is 4.32. The van der Waals surface area contributed by atoms with Crippen molar-refractivity contribution in [2.75, 3.05) is 11.4 Å². The van der Waals surface area contributed by atoms with Gasteiger partial charge in [-0.1, -0.05) is 48.5 Å². The van der Waals surface area contributed by atoms with E-state index >= 15 is 0 Å². The SMILES string of the molecule is c1ccc(C2CCCN2c2ccc3ccccc3n2)cc1. The lowest BCUT2D eigenvalue weighted by atomic mass is 10.0. The molecule has 1 aliphatic heterocycles. The number of nitrogens with zero attached hydrogens (tertiary/aromatic N) is 2. The summed E-state index contributed by atoms with van der Waals surface area (Å²) in [4.78, 5) is 7.31. The average Bonchev–Trinajstić information content (AvgIpc) is 3.05. The first-order valence-electron chi connectivity index (χ1n) is 7.59. The zero-order valence-electron chi connectivity index (χ0n) is 11.9.